The highest BCUT2D eigenvalue weighted by Crippen LogP contribution is 2.17. The van der Waals surface area contributed by atoms with Crippen molar-refractivity contribution < 1.29 is 4.74 Å². The predicted octanol–water partition coefficient (Wildman–Crippen LogP) is 1.91. The zero-order valence-electron chi connectivity index (χ0n) is 14.9. The van der Waals surface area contributed by atoms with Crippen molar-refractivity contribution in [2.75, 3.05) is 60.0 Å². The number of rotatable bonds is 10. The van der Waals surface area contributed by atoms with Gasteiger partial charge in [-0.05, 0) is 39.4 Å². The Morgan fingerprint density at radius 1 is 1.24 bits per heavy atom. The van der Waals surface area contributed by atoms with Crippen LogP contribution in [0.5, 0.6) is 0 Å². The molecule has 1 aliphatic heterocycles. The molecule has 0 aromatic carbocycles. The summed E-state index contributed by atoms with van der Waals surface area (Å²) in [7, 11) is 4.31. The number of ether oxygens (including phenoxy) is 1. The van der Waals surface area contributed by atoms with Crippen LogP contribution in [-0.2, 0) is 4.74 Å². The topological polar surface area (TPSA) is 27.7 Å². The van der Waals surface area contributed by atoms with Crippen LogP contribution in [0.25, 0.3) is 0 Å². The normalized spacial score (nSPS) is 23.4. The lowest BCUT2D eigenvalue weighted by molar-refractivity contribution is 0.0144. The van der Waals surface area contributed by atoms with Crippen LogP contribution in [-0.4, -0.2) is 75.9 Å². The zero-order chi connectivity index (χ0) is 15.7. The van der Waals surface area contributed by atoms with Gasteiger partial charge < -0.3 is 19.9 Å². The molecule has 4 heteroatoms. The minimum atomic E-state index is 0.631. The van der Waals surface area contributed by atoms with Gasteiger partial charge in [-0.15, -0.1) is 0 Å². The molecule has 0 aromatic heterocycles. The molecular formula is C17H37N3O. The molecule has 1 heterocycles. The summed E-state index contributed by atoms with van der Waals surface area (Å²) in [5.74, 6) is 1.35. The number of nitrogens with one attached hydrogen (secondary N) is 1. The Hall–Kier alpha value is -0.160. The van der Waals surface area contributed by atoms with Gasteiger partial charge in [0.25, 0.3) is 0 Å². The average Bonchev–Trinajstić information content (AvgIpc) is 2.43. The molecule has 1 rings (SSSR count). The molecule has 2 atom stereocenters. The van der Waals surface area contributed by atoms with Gasteiger partial charge in [-0.1, -0.05) is 20.8 Å². The van der Waals surface area contributed by atoms with E-state index in [1.54, 1.807) is 0 Å². The van der Waals surface area contributed by atoms with Crippen LogP contribution >= 0.6 is 0 Å². The fourth-order valence-electron chi connectivity index (χ4n) is 3.02. The summed E-state index contributed by atoms with van der Waals surface area (Å²) in [5.41, 5.74) is 0. The number of nitrogens with zero attached hydrogens (tertiary/aromatic N) is 2. The third-order valence-corrected chi connectivity index (χ3v) is 4.11. The van der Waals surface area contributed by atoms with Crippen molar-refractivity contribution in [2.24, 2.45) is 11.8 Å². The summed E-state index contributed by atoms with van der Waals surface area (Å²) in [5, 5.41) is 3.73. The third-order valence-electron chi connectivity index (χ3n) is 4.11. The molecule has 0 amide bonds. The summed E-state index contributed by atoms with van der Waals surface area (Å²) in [6.07, 6.45) is 2.37. The van der Waals surface area contributed by atoms with Crippen molar-refractivity contribution in [2.45, 2.75) is 39.7 Å². The second kappa shape index (κ2) is 10.5. The maximum atomic E-state index is 5.75. The summed E-state index contributed by atoms with van der Waals surface area (Å²) in [6, 6.07) is 0.632. The minimum absolute atomic E-state index is 0.631. The van der Waals surface area contributed by atoms with E-state index in [1.807, 2.05) is 0 Å². The predicted molar refractivity (Wildman–Crippen MR) is 90.8 cm³/mol. The molecule has 0 saturated carbocycles. The summed E-state index contributed by atoms with van der Waals surface area (Å²) in [6.45, 7) is 14.5. The molecule has 4 nitrogen and oxygen atoms in total. The Balaban J connectivity index is 2.51. The Labute approximate surface area is 132 Å². The minimum Gasteiger partial charge on any atom is -0.381 e. The first kappa shape index (κ1) is 18.9. The Morgan fingerprint density at radius 3 is 2.62 bits per heavy atom. The van der Waals surface area contributed by atoms with E-state index in [0.29, 0.717) is 12.0 Å². The van der Waals surface area contributed by atoms with Crippen LogP contribution < -0.4 is 5.32 Å². The van der Waals surface area contributed by atoms with Gasteiger partial charge in [-0.25, -0.2) is 0 Å². The van der Waals surface area contributed by atoms with Gasteiger partial charge in [-0.2, -0.15) is 0 Å². The fraction of sp³-hybridized carbons (Fsp3) is 1.00. The Morgan fingerprint density at radius 2 is 2.00 bits per heavy atom. The van der Waals surface area contributed by atoms with Gasteiger partial charge in [0.05, 0.1) is 6.61 Å². The van der Waals surface area contributed by atoms with Crippen molar-refractivity contribution in [3.8, 4) is 0 Å². The molecule has 1 N–H and O–H groups in total. The molecule has 0 bridgehead atoms. The largest absolute Gasteiger partial charge is 0.381 e. The maximum absolute atomic E-state index is 5.75. The van der Waals surface area contributed by atoms with Gasteiger partial charge >= 0.3 is 0 Å². The first-order chi connectivity index (χ1) is 10.0. The summed E-state index contributed by atoms with van der Waals surface area (Å²) < 4.78 is 5.75. The molecule has 0 aliphatic carbocycles. The molecule has 0 aromatic rings. The Bertz CT molecular complexity index is 258. The molecule has 1 saturated heterocycles. The number of hydrogen-bond donors (Lipinski definition) is 1. The third kappa shape index (κ3) is 8.15. The lowest BCUT2D eigenvalue weighted by Gasteiger charge is -2.37. The van der Waals surface area contributed by atoms with E-state index in [-0.39, 0.29) is 0 Å². The second-order valence-corrected chi connectivity index (χ2v) is 7.14. The van der Waals surface area contributed by atoms with Gasteiger partial charge in [0.2, 0.25) is 0 Å². The lowest BCUT2D eigenvalue weighted by atomic mass is 9.94. The molecular weight excluding hydrogens is 262 g/mol. The number of likely N-dealkylation sites (N-methyl/N-ethyl adjacent to an activating group) is 1. The van der Waals surface area contributed by atoms with Crippen LogP contribution in [0.15, 0.2) is 0 Å². The van der Waals surface area contributed by atoms with E-state index in [9.17, 15) is 0 Å². The van der Waals surface area contributed by atoms with E-state index in [2.05, 4.69) is 50.0 Å². The molecule has 21 heavy (non-hydrogen) atoms. The highest BCUT2D eigenvalue weighted by molar-refractivity contribution is 4.82. The highest BCUT2D eigenvalue weighted by atomic mass is 16.5. The van der Waals surface area contributed by atoms with Gasteiger partial charge in [0.15, 0.2) is 0 Å². The van der Waals surface area contributed by atoms with Gasteiger partial charge in [-0.3, -0.25) is 0 Å². The van der Waals surface area contributed by atoms with Crippen LogP contribution in [0.2, 0.25) is 0 Å². The number of hydrogen-bond acceptors (Lipinski definition) is 4. The molecule has 0 radical (unpaired) electrons. The maximum Gasteiger partial charge on any atom is 0.0521 e. The SMILES string of the molecule is CCCNC1CCOCC1CN(CCN(C)C)CC(C)C. The van der Waals surface area contributed by atoms with E-state index < -0.39 is 0 Å². The summed E-state index contributed by atoms with van der Waals surface area (Å²) >= 11 is 0. The van der Waals surface area contributed by atoms with E-state index in [4.69, 9.17) is 4.74 Å². The fourth-order valence-corrected chi connectivity index (χ4v) is 3.02. The van der Waals surface area contributed by atoms with Crippen molar-refractivity contribution in [1.82, 2.24) is 15.1 Å². The zero-order valence-corrected chi connectivity index (χ0v) is 14.9. The second-order valence-electron chi connectivity index (χ2n) is 7.14. The highest BCUT2D eigenvalue weighted by Gasteiger charge is 2.27. The molecule has 0 spiro atoms. The first-order valence-corrected chi connectivity index (χ1v) is 8.71. The monoisotopic (exact) mass is 299 g/mol. The van der Waals surface area contributed by atoms with Crippen LogP contribution in [0, 0.1) is 11.8 Å². The van der Waals surface area contributed by atoms with E-state index in [1.165, 1.54) is 13.0 Å². The van der Waals surface area contributed by atoms with Crippen molar-refractivity contribution in [3.63, 3.8) is 0 Å². The molecule has 1 aliphatic rings. The van der Waals surface area contributed by atoms with Crippen LogP contribution in [0.4, 0.5) is 0 Å². The van der Waals surface area contributed by atoms with Crippen LogP contribution in [0.3, 0.4) is 0 Å². The van der Waals surface area contributed by atoms with Gasteiger partial charge in [0, 0.05) is 44.7 Å². The average molecular weight is 300 g/mol. The van der Waals surface area contributed by atoms with E-state index in [0.717, 1.165) is 51.7 Å². The first-order valence-electron chi connectivity index (χ1n) is 8.71. The lowest BCUT2D eigenvalue weighted by Crippen LogP contribution is -2.49. The molecule has 2 unspecified atom stereocenters. The molecule has 1 fully saturated rings. The van der Waals surface area contributed by atoms with Crippen molar-refractivity contribution in [1.29, 1.82) is 0 Å². The van der Waals surface area contributed by atoms with Crippen LogP contribution in [0.1, 0.15) is 33.6 Å². The standard InChI is InChI=1S/C17H37N3O/c1-6-8-18-17-7-11-21-14-16(17)13-20(12-15(2)3)10-9-19(4)5/h15-18H,6-14H2,1-5H3. The quantitative estimate of drug-likeness (QED) is 0.667. The van der Waals surface area contributed by atoms with E-state index >= 15 is 0 Å². The van der Waals surface area contributed by atoms with Gasteiger partial charge in [0.1, 0.15) is 0 Å². The molecule has 126 valence electrons. The van der Waals surface area contributed by atoms with Crippen molar-refractivity contribution >= 4 is 0 Å². The Kier molecular flexibility index (Phi) is 9.49. The smallest absolute Gasteiger partial charge is 0.0521 e. The van der Waals surface area contributed by atoms with Crippen molar-refractivity contribution in [3.05, 3.63) is 0 Å². The summed E-state index contributed by atoms with van der Waals surface area (Å²) in [4.78, 5) is 4.90.